The predicted molar refractivity (Wildman–Crippen MR) is 148 cm³/mol. The summed E-state index contributed by atoms with van der Waals surface area (Å²) in [5, 5.41) is 0. The molecule has 20 radical (unpaired) electrons. The fourth-order valence-electron chi connectivity index (χ4n) is 2.34. The van der Waals surface area contributed by atoms with Gasteiger partial charge in [0.2, 0.25) is 0 Å². The summed E-state index contributed by atoms with van der Waals surface area (Å²) in [5.74, 6) is -2.47. The molecule has 0 saturated heterocycles. The van der Waals surface area contributed by atoms with E-state index in [9.17, 15) is 0 Å². The number of hydrogen-bond donors (Lipinski definition) is 0. The molecular weight excluding hydrogens is 516 g/mol. The van der Waals surface area contributed by atoms with Crippen molar-refractivity contribution >= 4 is 78.5 Å². The first kappa shape index (κ1) is 40.2. The minimum absolute atomic E-state index is 0.440. The van der Waals surface area contributed by atoms with E-state index in [0.717, 1.165) is 0 Å². The normalized spacial score (nSPS) is 20.0. The summed E-state index contributed by atoms with van der Waals surface area (Å²) in [6.45, 7) is 4.52. The van der Waals surface area contributed by atoms with Gasteiger partial charge in [0.15, 0.2) is 12.6 Å². The van der Waals surface area contributed by atoms with Gasteiger partial charge in [-0.3, -0.25) is 0 Å². The van der Waals surface area contributed by atoms with Gasteiger partial charge in [-0.25, -0.2) is 0 Å². The topological polar surface area (TPSA) is 111 Å². The molecule has 0 N–H and O–H groups in total. The molecule has 12 nitrogen and oxygen atoms in total. The second kappa shape index (κ2) is 21.8. The molecule has 0 aromatic carbocycles. The maximum Gasteiger partial charge on any atom is 0.275 e. The van der Waals surface area contributed by atoms with Gasteiger partial charge in [0.1, 0.15) is 78.0 Å². The van der Waals surface area contributed by atoms with Crippen molar-refractivity contribution in [2.24, 2.45) is 0 Å². The Balaban J connectivity index is 4.95. The average Bonchev–Trinajstić information content (AvgIpc) is 2.70. The molecule has 0 heterocycles. The second-order valence-corrected chi connectivity index (χ2v) is 7.87. The van der Waals surface area contributed by atoms with Crippen molar-refractivity contribution in [3.05, 3.63) is 0 Å². The van der Waals surface area contributed by atoms with E-state index in [1.54, 1.807) is 13.8 Å². The fraction of sp³-hybridized carbons (Fsp3) is 1.00. The van der Waals surface area contributed by atoms with Gasteiger partial charge in [0.25, 0.3) is 13.0 Å². The summed E-state index contributed by atoms with van der Waals surface area (Å²) in [4.78, 5) is 0. The van der Waals surface area contributed by atoms with E-state index in [1.165, 1.54) is 20.8 Å². The zero-order chi connectivity index (χ0) is 31.0. The van der Waals surface area contributed by atoms with Crippen LogP contribution in [0.15, 0.2) is 0 Å². The highest BCUT2D eigenvalue weighted by Gasteiger charge is 2.26. The summed E-state index contributed by atoms with van der Waals surface area (Å²) in [6.07, 6.45) is -9.72. The molecule has 0 spiro atoms. The molecule has 0 fully saturated rings. The SMILES string of the molecule is [B]C([B])OC(C)OC([B])OC(C)OC([B])OC(OC(C)C)OC([B])OC(OC([B])[B])OC([B])OC([B])OC([B])C. The third kappa shape index (κ3) is 22.7. The van der Waals surface area contributed by atoms with Gasteiger partial charge >= 0.3 is 0 Å². The van der Waals surface area contributed by atoms with Gasteiger partial charge < -0.3 is 56.8 Å². The van der Waals surface area contributed by atoms with Gasteiger partial charge in [-0.15, -0.1) is 0 Å². The van der Waals surface area contributed by atoms with Crippen molar-refractivity contribution in [2.45, 2.75) is 115 Å². The Hall–Kier alpha value is 0.169. The molecule has 0 aliphatic carbocycles. The first-order valence-electron chi connectivity index (χ1n) is 11.9. The van der Waals surface area contributed by atoms with Crippen LogP contribution in [0.5, 0.6) is 0 Å². The lowest BCUT2D eigenvalue weighted by Gasteiger charge is -2.32. The third-order valence-electron chi connectivity index (χ3n) is 3.58. The minimum atomic E-state index is -1.73. The van der Waals surface area contributed by atoms with Crippen LogP contribution in [-0.4, -0.2) is 159 Å². The molecule has 0 saturated carbocycles. The Bertz CT molecular complexity index is 632. The van der Waals surface area contributed by atoms with Gasteiger partial charge in [-0.05, 0) is 46.4 Å². The summed E-state index contributed by atoms with van der Waals surface area (Å²) in [6, 6.07) is -0.753. The molecule has 0 amide bonds. The van der Waals surface area contributed by atoms with E-state index in [0.29, 0.717) is 0 Å². The molecular formula is C18H28B10O12. The van der Waals surface area contributed by atoms with E-state index < -0.39 is 80.4 Å². The molecule has 0 rings (SSSR count). The smallest absolute Gasteiger partial charge is 0.275 e. The van der Waals surface area contributed by atoms with Crippen LogP contribution in [0.3, 0.4) is 0 Å². The first-order chi connectivity index (χ1) is 18.5. The zero-order valence-corrected chi connectivity index (χ0v) is 23.2. The summed E-state index contributed by atoms with van der Waals surface area (Å²) >= 11 is 0. The number of hydrogen-bond acceptors (Lipinski definition) is 12. The Morgan fingerprint density at radius 2 is 0.650 bits per heavy atom. The maximum absolute atomic E-state index is 5.83. The van der Waals surface area contributed by atoms with Gasteiger partial charge in [0.05, 0.1) is 37.5 Å². The van der Waals surface area contributed by atoms with Crippen molar-refractivity contribution in [1.82, 2.24) is 0 Å². The Morgan fingerprint density at radius 3 is 1.05 bits per heavy atom. The lowest BCUT2D eigenvalue weighted by atomic mass is 9.82. The highest BCUT2D eigenvalue weighted by molar-refractivity contribution is 6.35. The zero-order valence-electron chi connectivity index (χ0n) is 23.2. The molecule has 0 bridgehead atoms. The van der Waals surface area contributed by atoms with Crippen molar-refractivity contribution in [2.75, 3.05) is 0 Å². The molecule has 0 aliphatic heterocycles. The molecule has 10 atom stereocenters. The summed E-state index contributed by atoms with van der Waals surface area (Å²) in [7, 11) is 55.4. The van der Waals surface area contributed by atoms with Crippen LogP contribution >= 0.6 is 0 Å². The second-order valence-electron chi connectivity index (χ2n) is 7.87. The quantitative estimate of drug-likeness (QED) is 0.0905. The molecule has 202 valence electrons. The van der Waals surface area contributed by atoms with E-state index >= 15 is 0 Å². The standard InChI is InChI=1S/C18H28B10O12/c1-6(2)29-17(37-14(26)34-9(5)33-13(25)32-8(4)31-10(20)21)39-16(28)40-18(35-11(22)23)38-15(27)36-12(24)30-7(3)19/h6-18H,1-5H3. The Kier molecular flexibility index (Phi) is 21.9. The van der Waals surface area contributed by atoms with Crippen LogP contribution in [0.25, 0.3) is 0 Å². The lowest BCUT2D eigenvalue weighted by Crippen LogP contribution is -2.41. The van der Waals surface area contributed by atoms with Gasteiger partial charge in [-0.2, -0.15) is 0 Å². The van der Waals surface area contributed by atoms with E-state index in [2.05, 4.69) is 0 Å². The van der Waals surface area contributed by atoms with Crippen LogP contribution in [0.2, 0.25) is 0 Å². The van der Waals surface area contributed by atoms with Gasteiger partial charge in [-0.1, -0.05) is 0 Å². The van der Waals surface area contributed by atoms with Crippen LogP contribution in [0.4, 0.5) is 0 Å². The maximum atomic E-state index is 5.83. The molecule has 10 unspecified atom stereocenters. The molecule has 0 aromatic heterocycles. The van der Waals surface area contributed by atoms with Crippen molar-refractivity contribution in [3.63, 3.8) is 0 Å². The lowest BCUT2D eigenvalue weighted by molar-refractivity contribution is -0.406. The van der Waals surface area contributed by atoms with Crippen LogP contribution in [-0.2, 0) is 56.8 Å². The molecule has 40 heavy (non-hydrogen) atoms. The van der Waals surface area contributed by atoms with E-state index in [1.807, 2.05) is 0 Å². The Morgan fingerprint density at radius 1 is 0.325 bits per heavy atom. The predicted octanol–water partition coefficient (Wildman–Crippen LogP) is -3.13. The molecule has 22 heteroatoms. The van der Waals surface area contributed by atoms with Crippen molar-refractivity contribution < 1.29 is 56.8 Å². The molecule has 0 aliphatic rings. The third-order valence-corrected chi connectivity index (χ3v) is 3.58. The van der Waals surface area contributed by atoms with Gasteiger partial charge in [0, 0.05) is 6.00 Å². The highest BCUT2D eigenvalue weighted by Crippen LogP contribution is 2.14. The van der Waals surface area contributed by atoms with Crippen molar-refractivity contribution in [1.29, 1.82) is 0 Å². The number of rotatable bonds is 24. The van der Waals surface area contributed by atoms with Crippen LogP contribution < -0.4 is 0 Å². The Labute approximate surface area is 250 Å². The van der Waals surface area contributed by atoms with Crippen LogP contribution in [0, 0.1) is 0 Å². The molecule has 0 aromatic rings. The summed E-state index contributed by atoms with van der Waals surface area (Å²) < 4.78 is 62.3. The van der Waals surface area contributed by atoms with E-state index in [-0.39, 0.29) is 0 Å². The van der Waals surface area contributed by atoms with E-state index in [4.69, 9.17) is 135 Å². The van der Waals surface area contributed by atoms with Crippen molar-refractivity contribution in [3.8, 4) is 0 Å². The largest absolute Gasteiger partial charge is 0.369 e. The minimum Gasteiger partial charge on any atom is -0.369 e. The number of ether oxygens (including phenoxy) is 12. The monoisotopic (exact) mass is 546 g/mol. The average molecular weight is 545 g/mol. The summed E-state index contributed by atoms with van der Waals surface area (Å²) in [5.41, 5.74) is 0. The first-order valence-corrected chi connectivity index (χ1v) is 11.9. The highest BCUT2D eigenvalue weighted by atomic mass is 17.0. The van der Waals surface area contributed by atoms with Crippen LogP contribution in [0.1, 0.15) is 34.6 Å². The fourth-order valence-corrected chi connectivity index (χ4v) is 2.34.